The monoisotopic (exact) mass is 212 g/mol. The van der Waals surface area contributed by atoms with Crippen LogP contribution in [0.3, 0.4) is 0 Å². The first-order chi connectivity index (χ1) is 7.90. The second kappa shape index (κ2) is 2.95. The van der Waals surface area contributed by atoms with Crippen LogP contribution in [-0.2, 0) is 6.42 Å². The van der Waals surface area contributed by atoms with Crippen LogP contribution in [0.5, 0.6) is 5.75 Å². The zero-order valence-corrected chi connectivity index (χ0v) is 8.94. The summed E-state index contributed by atoms with van der Waals surface area (Å²) in [5.74, 6) is 1.99. The second-order valence-electron chi connectivity index (χ2n) is 4.55. The molecule has 5 rings (SSSR count). The van der Waals surface area contributed by atoms with Crippen LogP contribution in [0.15, 0.2) is 41.3 Å². The Hall–Kier alpha value is -1.61. The number of fused-ring (bicyclic) bond motifs is 2. The largest absolute Gasteiger partial charge is 0.455 e. The Morgan fingerprint density at radius 1 is 1.31 bits per heavy atom. The first-order valence-corrected chi connectivity index (χ1v) is 5.66. The van der Waals surface area contributed by atoms with Gasteiger partial charge in [0, 0.05) is 37.8 Å². The standard InChI is InChI=1S/C13H12N2O/c1-2-13-11(14-4-1)6-10-9-7-15(8-9)5-3-12(10)16-13/h1-4H,5-8H2. The summed E-state index contributed by atoms with van der Waals surface area (Å²) in [6, 6.07) is 3.93. The fourth-order valence-corrected chi connectivity index (χ4v) is 2.57. The van der Waals surface area contributed by atoms with Gasteiger partial charge in [0.2, 0.25) is 0 Å². The predicted octanol–water partition coefficient (Wildman–Crippen LogP) is 1.53. The van der Waals surface area contributed by atoms with Gasteiger partial charge in [-0.2, -0.15) is 0 Å². The topological polar surface area (TPSA) is 25.4 Å². The molecule has 0 amide bonds. The molecular formula is C13H12N2O. The smallest absolute Gasteiger partial charge is 0.149 e. The lowest BCUT2D eigenvalue weighted by Crippen LogP contribution is -2.39. The highest BCUT2D eigenvalue weighted by molar-refractivity contribution is 5.49. The van der Waals surface area contributed by atoms with E-state index in [2.05, 4.69) is 16.0 Å². The fraction of sp³-hybridized carbons (Fsp3) is 0.308. The number of hydrogen-bond acceptors (Lipinski definition) is 3. The van der Waals surface area contributed by atoms with Gasteiger partial charge in [-0.3, -0.25) is 9.88 Å². The first kappa shape index (κ1) is 8.53. The van der Waals surface area contributed by atoms with Crippen molar-refractivity contribution in [1.82, 2.24) is 9.88 Å². The molecule has 3 nitrogen and oxygen atoms in total. The van der Waals surface area contributed by atoms with E-state index in [9.17, 15) is 0 Å². The highest BCUT2D eigenvalue weighted by atomic mass is 16.5. The third-order valence-corrected chi connectivity index (χ3v) is 3.50. The highest BCUT2D eigenvalue weighted by Crippen LogP contribution is 2.36. The molecule has 1 saturated heterocycles. The zero-order valence-electron chi connectivity index (χ0n) is 8.94. The van der Waals surface area contributed by atoms with Gasteiger partial charge >= 0.3 is 0 Å². The zero-order chi connectivity index (χ0) is 10.5. The minimum Gasteiger partial charge on any atom is -0.455 e. The van der Waals surface area contributed by atoms with Crippen LogP contribution in [0, 0.1) is 0 Å². The third kappa shape index (κ3) is 1.09. The summed E-state index contributed by atoms with van der Waals surface area (Å²) < 4.78 is 5.93. The molecule has 4 aliphatic heterocycles. The second-order valence-corrected chi connectivity index (χ2v) is 4.55. The number of pyridine rings is 1. The molecule has 16 heavy (non-hydrogen) atoms. The summed E-state index contributed by atoms with van der Waals surface area (Å²) >= 11 is 0. The Balaban J connectivity index is 1.86. The number of rotatable bonds is 0. The summed E-state index contributed by atoms with van der Waals surface area (Å²) in [6.07, 6.45) is 4.97. The van der Waals surface area contributed by atoms with E-state index in [1.54, 1.807) is 0 Å². The summed E-state index contributed by atoms with van der Waals surface area (Å²) in [6.45, 7) is 3.24. The molecule has 1 aromatic rings. The average Bonchev–Trinajstić information content (AvgIpc) is 2.53. The van der Waals surface area contributed by atoms with Crippen molar-refractivity contribution in [1.29, 1.82) is 0 Å². The van der Waals surface area contributed by atoms with Crippen LogP contribution in [0.4, 0.5) is 0 Å². The quantitative estimate of drug-likeness (QED) is 0.652. The van der Waals surface area contributed by atoms with Crippen molar-refractivity contribution < 1.29 is 4.74 Å². The van der Waals surface area contributed by atoms with E-state index in [0.717, 1.165) is 43.3 Å². The minimum absolute atomic E-state index is 0.923. The van der Waals surface area contributed by atoms with Crippen LogP contribution < -0.4 is 4.74 Å². The first-order valence-electron chi connectivity index (χ1n) is 5.66. The van der Waals surface area contributed by atoms with E-state index < -0.39 is 0 Å². The maximum atomic E-state index is 5.93. The van der Waals surface area contributed by atoms with Crippen LogP contribution >= 0.6 is 0 Å². The number of aromatic nitrogens is 1. The van der Waals surface area contributed by atoms with Gasteiger partial charge in [0.05, 0.1) is 5.69 Å². The lowest BCUT2D eigenvalue weighted by atomic mass is 9.95. The molecule has 0 aromatic carbocycles. The predicted molar refractivity (Wildman–Crippen MR) is 60.1 cm³/mol. The van der Waals surface area contributed by atoms with Crippen LogP contribution in [0.25, 0.3) is 0 Å². The average molecular weight is 212 g/mol. The number of allylic oxidation sites excluding steroid dienone is 1. The SMILES string of the molecule is C1=C2Oc3cccnc3CC2=C2CN(C1)C2. The molecule has 3 heteroatoms. The number of hydrogen-bond donors (Lipinski definition) is 0. The van der Waals surface area contributed by atoms with Gasteiger partial charge in [-0.05, 0) is 23.8 Å². The normalized spacial score (nSPS) is 22.4. The van der Waals surface area contributed by atoms with Crippen LogP contribution in [0.1, 0.15) is 5.69 Å². The van der Waals surface area contributed by atoms with Crippen LogP contribution in [0.2, 0.25) is 0 Å². The van der Waals surface area contributed by atoms with Crippen LogP contribution in [-0.4, -0.2) is 29.5 Å². The van der Waals surface area contributed by atoms with Gasteiger partial charge in [0.1, 0.15) is 11.5 Å². The molecule has 2 bridgehead atoms. The molecular weight excluding hydrogens is 200 g/mol. The van der Waals surface area contributed by atoms with Crippen molar-refractivity contribution in [2.24, 2.45) is 0 Å². The molecule has 0 N–H and O–H groups in total. The summed E-state index contributed by atoms with van der Waals surface area (Å²) in [5, 5.41) is 0. The molecule has 0 spiro atoms. The maximum Gasteiger partial charge on any atom is 0.149 e. The molecule has 80 valence electrons. The Labute approximate surface area is 94.0 Å². The van der Waals surface area contributed by atoms with E-state index in [4.69, 9.17) is 4.74 Å². The third-order valence-electron chi connectivity index (χ3n) is 3.50. The van der Waals surface area contributed by atoms with E-state index in [1.165, 1.54) is 11.1 Å². The lowest BCUT2D eigenvalue weighted by molar-refractivity contribution is 0.279. The van der Waals surface area contributed by atoms with Crippen molar-refractivity contribution in [3.8, 4) is 5.75 Å². The summed E-state index contributed by atoms with van der Waals surface area (Å²) in [7, 11) is 0. The maximum absolute atomic E-state index is 5.93. The summed E-state index contributed by atoms with van der Waals surface area (Å²) in [5.41, 5.74) is 3.97. The Bertz CT molecular complexity index is 520. The van der Waals surface area contributed by atoms with Crippen molar-refractivity contribution in [3.05, 3.63) is 47.0 Å². The van der Waals surface area contributed by atoms with Gasteiger partial charge in [0.25, 0.3) is 0 Å². The van der Waals surface area contributed by atoms with Crippen molar-refractivity contribution in [2.45, 2.75) is 6.42 Å². The molecule has 1 aromatic heterocycles. The van der Waals surface area contributed by atoms with Gasteiger partial charge in [0.15, 0.2) is 0 Å². The Morgan fingerprint density at radius 3 is 3.19 bits per heavy atom. The Morgan fingerprint density at radius 2 is 2.25 bits per heavy atom. The van der Waals surface area contributed by atoms with Gasteiger partial charge < -0.3 is 4.74 Å². The molecule has 0 atom stereocenters. The van der Waals surface area contributed by atoms with Crippen molar-refractivity contribution >= 4 is 0 Å². The van der Waals surface area contributed by atoms with Gasteiger partial charge in [-0.25, -0.2) is 0 Å². The molecule has 0 saturated carbocycles. The Kier molecular flexibility index (Phi) is 1.57. The lowest BCUT2D eigenvalue weighted by Gasteiger charge is -2.33. The van der Waals surface area contributed by atoms with E-state index in [-0.39, 0.29) is 0 Å². The minimum atomic E-state index is 0.923. The molecule has 4 aliphatic rings. The van der Waals surface area contributed by atoms with E-state index >= 15 is 0 Å². The van der Waals surface area contributed by atoms with E-state index in [1.807, 2.05) is 18.3 Å². The van der Waals surface area contributed by atoms with E-state index in [0.29, 0.717) is 0 Å². The number of ether oxygens (including phenoxy) is 1. The number of nitrogens with zero attached hydrogens (tertiary/aromatic N) is 2. The molecule has 0 unspecified atom stereocenters. The highest BCUT2D eigenvalue weighted by Gasteiger charge is 2.31. The van der Waals surface area contributed by atoms with Gasteiger partial charge in [-0.15, -0.1) is 0 Å². The fourth-order valence-electron chi connectivity index (χ4n) is 2.57. The van der Waals surface area contributed by atoms with Crippen molar-refractivity contribution in [3.63, 3.8) is 0 Å². The molecule has 0 aliphatic carbocycles. The van der Waals surface area contributed by atoms with Crippen molar-refractivity contribution in [2.75, 3.05) is 19.6 Å². The van der Waals surface area contributed by atoms with Gasteiger partial charge in [-0.1, -0.05) is 0 Å². The molecule has 1 fully saturated rings. The molecule has 5 heterocycles. The summed E-state index contributed by atoms with van der Waals surface area (Å²) in [4.78, 5) is 6.80. The molecule has 0 radical (unpaired) electrons.